The summed E-state index contributed by atoms with van der Waals surface area (Å²) in [6.45, 7) is 6.48. The Morgan fingerprint density at radius 3 is 2.54 bits per heavy atom. The van der Waals surface area contributed by atoms with E-state index in [-0.39, 0.29) is 23.5 Å². The van der Waals surface area contributed by atoms with Crippen LogP contribution in [0.1, 0.15) is 54.2 Å². The number of likely N-dealkylation sites (tertiary alicyclic amines) is 1. The lowest BCUT2D eigenvalue weighted by Gasteiger charge is -2.29. The van der Waals surface area contributed by atoms with Crippen molar-refractivity contribution in [2.24, 2.45) is 0 Å². The van der Waals surface area contributed by atoms with Gasteiger partial charge in [-0.05, 0) is 49.6 Å². The van der Waals surface area contributed by atoms with Gasteiger partial charge < -0.3 is 19.9 Å². The van der Waals surface area contributed by atoms with E-state index in [0.717, 1.165) is 42.9 Å². The van der Waals surface area contributed by atoms with E-state index >= 15 is 0 Å². The molecule has 28 heavy (non-hydrogen) atoms. The van der Waals surface area contributed by atoms with Gasteiger partial charge in [-0.1, -0.05) is 26.0 Å². The SMILES string of the molecule is CC(C)c1cc(C(=O)NCc2ccc(OC3CCN(C)CC3)cc2)cc(=O)[nH]1. The minimum Gasteiger partial charge on any atom is -0.490 e. The molecule has 3 rings (SSSR count). The van der Waals surface area contributed by atoms with Crippen LogP contribution in [0.5, 0.6) is 5.75 Å². The number of piperidine rings is 1. The van der Waals surface area contributed by atoms with Crippen molar-refractivity contribution in [1.82, 2.24) is 15.2 Å². The van der Waals surface area contributed by atoms with Crippen LogP contribution in [-0.4, -0.2) is 42.0 Å². The topological polar surface area (TPSA) is 74.4 Å². The summed E-state index contributed by atoms with van der Waals surface area (Å²) in [5.41, 5.74) is 1.87. The average Bonchev–Trinajstić information content (AvgIpc) is 2.68. The van der Waals surface area contributed by atoms with Crippen molar-refractivity contribution < 1.29 is 9.53 Å². The minimum absolute atomic E-state index is 0.151. The predicted octanol–water partition coefficient (Wildman–Crippen LogP) is 2.90. The van der Waals surface area contributed by atoms with Crippen molar-refractivity contribution >= 4 is 5.91 Å². The van der Waals surface area contributed by atoms with Crippen molar-refractivity contribution in [3.63, 3.8) is 0 Å². The second-order valence-electron chi connectivity index (χ2n) is 7.79. The molecule has 1 amide bonds. The van der Waals surface area contributed by atoms with Gasteiger partial charge in [-0.2, -0.15) is 0 Å². The summed E-state index contributed by atoms with van der Waals surface area (Å²) in [6.07, 6.45) is 2.36. The maximum absolute atomic E-state index is 12.4. The Bertz CT molecular complexity index is 850. The molecule has 150 valence electrons. The van der Waals surface area contributed by atoms with Gasteiger partial charge in [0.1, 0.15) is 11.9 Å². The molecule has 1 aromatic heterocycles. The van der Waals surface area contributed by atoms with Crippen molar-refractivity contribution in [2.45, 2.75) is 45.3 Å². The molecule has 1 fully saturated rings. The average molecular weight is 383 g/mol. The van der Waals surface area contributed by atoms with Crippen LogP contribution in [0.3, 0.4) is 0 Å². The van der Waals surface area contributed by atoms with Crippen LogP contribution in [0.15, 0.2) is 41.2 Å². The van der Waals surface area contributed by atoms with Crippen molar-refractivity contribution in [3.8, 4) is 5.75 Å². The molecule has 0 spiro atoms. The number of carbonyl (C=O) groups excluding carboxylic acids is 1. The second kappa shape index (κ2) is 9.06. The zero-order valence-electron chi connectivity index (χ0n) is 16.8. The maximum Gasteiger partial charge on any atom is 0.251 e. The summed E-state index contributed by atoms with van der Waals surface area (Å²) < 4.78 is 6.05. The number of aromatic nitrogens is 1. The maximum atomic E-state index is 12.4. The van der Waals surface area contributed by atoms with Crippen LogP contribution in [0, 0.1) is 0 Å². The molecule has 1 aliphatic rings. The standard InChI is InChI=1S/C22H29N3O3/c1-15(2)20-12-17(13-21(26)24-20)22(27)23-14-16-4-6-18(7-5-16)28-19-8-10-25(3)11-9-19/h4-7,12-13,15,19H,8-11,14H2,1-3H3,(H,23,27)(H,24,26). The summed E-state index contributed by atoms with van der Waals surface area (Å²) in [5.74, 6) is 0.762. The van der Waals surface area contributed by atoms with Crippen LogP contribution in [0.2, 0.25) is 0 Å². The number of pyridine rings is 1. The Balaban J connectivity index is 1.55. The van der Waals surface area contributed by atoms with Crippen LogP contribution < -0.4 is 15.6 Å². The van der Waals surface area contributed by atoms with E-state index < -0.39 is 0 Å². The summed E-state index contributed by atoms with van der Waals surface area (Å²) in [6, 6.07) is 10.9. The Hall–Kier alpha value is -2.60. The quantitative estimate of drug-likeness (QED) is 0.804. The summed E-state index contributed by atoms with van der Waals surface area (Å²) in [7, 11) is 2.13. The van der Waals surface area contributed by atoms with E-state index in [0.29, 0.717) is 12.1 Å². The van der Waals surface area contributed by atoms with Gasteiger partial charge in [0.2, 0.25) is 5.56 Å². The van der Waals surface area contributed by atoms with Gasteiger partial charge in [0.15, 0.2) is 0 Å². The number of amides is 1. The van der Waals surface area contributed by atoms with Crippen LogP contribution in [0.4, 0.5) is 0 Å². The molecule has 1 aliphatic heterocycles. The first-order chi connectivity index (χ1) is 13.4. The number of H-pyrrole nitrogens is 1. The third-order valence-electron chi connectivity index (χ3n) is 5.09. The Labute approximate surface area is 165 Å². The molecule has 2 heterocycles. The van der Waals surface area contributed by atoms with Crippen LogP contribution >= 0.6 is 0 Å². The number of nitrogens with zero attached hydrogens (tertiary/aromatic N) is 1. The Morgan fingerprint density at radius 2 is 1.89 bits per heavy atom. The third-order valence-corrected chi connectivity index (χ3v) is 5.09. The highest BCUT2D eigenvalue weighted by Crippen LogP contribution is 2.19. The molecule has 2 aromatic rings. The first-order valence-electron chi connectivity index (χ1n) is 9.87. The zero-order chi connectivity index (χ0) is 20.1. The number of hydrogen-bond donors (Lipinski definition) is 2. The van der Waals surface area contributed by atoms with Gasteiger partial charge in [0.25, 0.3) is 5.91 Å². The van der Waals surface area contributed by atoms with E-state index in [1.807, 2.05) is 38.1 Å². The molecule has 0 radical (unpaired) electrons. The highest BCUT2D eigenvalue weighted by atomic mass is 16.5. The van der Waals surface area contributed by atoms with Gasteiger partial charge in [0, 0.05) is 37.0 Å². The van der Waals surface area contributed by atoms with E-state index in [9.17, 15) is 9.59 Å². The number of benzene rings is 1. The highest BCUT2D eigenvalue weighted by Gasteiger charge is 2.18. The molecule has 0 saturated carbocycles. The van der Waals surface area contributed by atoms with Gasteiger partial charge in [-0.15, -0.1) is 0 Å². The molecule has 0 bridgehead atoms. The van der Waals surface area contributed by atoms with E-state index in [1.165, 1.54) is 6.07 Å². The van der Waals surface area contributed by atoms with Gasteiger partial charge in [0.05, 0.1) is 0 Å². The Morgan fingerprint density at radius 1 is 1.21 bits per heavy atom. The first kappa shape index (κ1) is 20.1. The highest BCUT2D eigenvalue weighted by molar-refractivity contribution is 5.94. The fraction of sp³-hybridized carbons (Fsp3) is 0.455. The lowest BCUT2D eigenvalue weighted by molar-refractivity contribution is 0.0950. The molecule has 1 saturated heterocycles. The predicted molar refractivity (Wildman–Crippen MR) is 110 cm³/mol. The number of ether oxygens (including phenoxy) is 1. The van der Waals surface area contributed by atoms with Gasteiger partial charge in [-0.25, -0.2) is 0 Å². The monoisotopic (exact) mass is 383 g/mol. The first-order valence-corrected chi connectivity index (χ1v) is 9.87. The lowest BCUT2D eigenvalue weighted by Crippen LogP contribution is -2.35. The van der Waals surface area contributed by atoms with Crippen LogP contribution in [0.25, 0.3) is 0 Å². The molecule has 1 aromatic carbocycles. The number of nitrogens with one attached hydrogen (secondary N) is 2. The molecular weight excluding hydrogens is 354 g/mol. The second-order valence-corrected chi connectivity index (χ2v) is 7.79. The smallest absolute Gasteiger partial charge is 0.251 e. The largest absolute Gasteiger partial charge is 0.490 e. The van der Waals surface area contributed by atoms with Crippen molar-refractivity contribution in [1.29, 1.82) is 0 Å². The molecule has 2 N–H and O–H groups in total. The molecule has 0 aliphatic carbocycles. The molecule has 6 heteroatoms. The number of aromatic amines is 1. The number of carbonyl (C=O) groups is 1. The van der Waals surface area contributed by atoms with Crippen LogP contribution in [-0.2, 0) is 6.54 Å². The van der Waals surface area contributed by atoms with E-state index in [4.69, 9.17) is 4.74 Å². The van der Waals surface area contributed by atoms with Gasteiger partial charge in [-0.3, -0.25) is 9.59 Å². The molecule has 0 unspecified atom stereocenters. The fourth-order valence-corrected chi connectivity index (χ4v) is 3.27. The van der Waals surface area contributed by atoms with Crippen molar-refractivity contribution in [2.75, 3.05) is 20.1 Å². The van der Waals surface area contributed by atoms with E-state index in [1.54, 1.807) is 6.07 Å². The number of hydrogen-bond acceptors (Lipinski definition) is 4. The number of rotatable bonds is 6. The normalized spacial score (nSPS) is 15.6. The van der Waals surface area contributed by atoms with Gasteiger partial charge >= 0.3 is 0 Å². The summed E-state index contributed by atoms with van der Waals surface area (Å²) >= 11 is 0. The van der Waals surface area contributed by atoms with E-state index in [2.05, 4.69) is 22.2 Å². The minimum atomic E-state index is -0.258. The summed E-state index contributed by atoms with van der Waals surface area (Å²) in [5, 5.41) is 2.88. The zero-order valence-corrected chi connectivity index (χ0v) is 16.8. The summed E-state index contributed by atoms with van der Waals surface area (Å²) in [4.78, 5) is 29.3. The lowest BCUT2D eigenvalue weighted by atomic mass is 10.1. The molecule has 6 nitrogen and oxygen atoms in total. The van der Waals surface area contributed by atoms with Crippen molar-refractivity contribution in [3.05, 3.63) is 63.6 Å². The Kier molecular flexibility index (Phi) is 6.52. The fourth-order valence-electron chi connectivity index (χ4n) is 3.27. The third kappa shape index (κ3) is 5.45. The molecular formula is C22H29N3O3. The molecule has 0 atom stereocenters.